The number of fused-ring (bicyclic) bond motifs is 1. The number of esters is 1. The number of aldehydes is 2. The molecule has 2 aliphatic rings. The van der Waals surface area contributed by atoms with Crippen molar-refractivity contribution in [3.63, 3.8) is 0 Å². The van der Waals surface area contributed by atoms with Crippen LogP contribution >= 0.6 is 0 Å². The smallest absolute Gasteiger partial charge is 0.407 e. The summed E-state index contributed by atoms with van der Waals surface area (Å²) in [6.07, 6.45) is 13.7. The van der Waals surface area contributed by atoms with Gasteiger partial charge in [-0.15, -0.1) is 0 Å². The van der Waals surface area contributed by atoms with Crippen LogP contribution in [0.1, 0.15) is 123 Å². The zero-order valence-electron chi connectivity index (χ0n) is 33.8. The molecule has 4 atom stereocenters. The molecule has 0 spiro atoms. The molecular formula is C41H66FN3O9. The summed E-state index contributed by atoms with van der Waals surface area (Å²) in [6, 6.07) is 7.07. The molecule has 1 saturated carbocycles. The number of amides is 2. The molecule has 1 aromatic carbocycles. The van der Waals surface area contributed by atoms with Gasteiger partial charge in [0.15, 0.2) is 18.8 Å². The van der Waals surface area contributed by atoms with Crippen LogP contribution in [-0.4, -0.2) is 87.8 Å². The molecule has 13 heteroatoms. The van der Waals surface area contributed by atoms with Crippen LogP contribution in [0.3, 0.4) is 0 Å². The van der Waals surface area contributed by atoms with E-state index in [2.05, 4.69) is 39.0 Å². The Bertz CT molecular complexity index is 1370. The van der Waals surface area contributed by atoms with Gasteiger partial charge in [-0.25, -0.2) is 9.18 Å². The van der Waals surface area contributed by atoms with Gasteiger partial charge in [0.2, 0.25) is 6.41 Å². The van der Waals surface area contributed by atoms with E-state index in [1.54, 1.807) is 52.0 Å². The summed E-state index contributed by atoms with van der Waals surface area (Å²) in [5, 5.41) is 5.82. The van der Waals surface area contributed by atoms with Gasteiger partial charge >= 0.3 is 12.1 Å². The summed E-state index contributed by atoms with van der Waals surface area (Å²) in [6.45, 7) is 12.1. The van der Waals surface area contributed by atoms with Crippen LogP contribution in [0.15, 0.2) is 28.7 Å². The number of benzene rings is 1. The third-order valence-electron chi connectivity index (χ3n) is 9.64. The molecule has 2 heterocycles. The van der Waals surface area contributed by atoms with Crippen molar-refractivity contribution in [2.75, 3.05) is 39.5 Å². The molecule has 306 valence electrons. The molecule has 2 fully saturated rings. The fraction of sp³-hybridized carbons (Fsp3) is 0.683. The van der Waals surface area contributed by atoms with E-state index in [-0.39, 0.29) is 24.4 Å². The SMILES string of the molecule is CC1C(C2CCCCC2)CCN1C.CCC(=O)OCOC.CCC(C=O)CCCC(CF)NC(=O)OC(C)(C)C.O=CNc1ccc2oc(C=O)cc2c1. The number of nitrogens with zero attached hydrogens (tertiary/aromatic N) is 1. The van der Waals surface area contributed by atoms with Gasteiger partial charge < -0.3 is 39.0 Å². The van der Waals surface area contributed by atoms with Gasteiger partial charge in [-0.3, -0.25) is 14.4 Å². The summed E-state index contributed by atoms with van der Waals surface area (Å²) in [7, 11) is 3.76. The number of halogens is 1. The van der Waals surface area contributed by atoms with Crippen LogP contribution in [0.5, 0.6) is 0 Å². The molecular weight excluding hydrogens is 697 g/mol. The summed E-state index contributed by atoms with van der Waals surface area (Å²) < 4.78 is 32.0. The highest BCUT2D eigenvalue weighted by Gasteiger charge is 2.34. The number of carbonyl (C=O) groups excluding carboxylic acids is 5. The molecule has 2 amide bonds. The first kappa shape index (κ1) is 48.2. The summed E-state index contributed by atoms with van der Waals surface area (Å²) in [5.74, 6) is 2.16. The van der Waals surface area contributed by atoms with E-state index in [0.29, 0.717) is 43.2 Å². The second kappa shape index (κ2) is 26.9. The van der Waals surface area contributed by atoms with Crippen molar-refractivity contribution in [1.29, 1.82) is 0 Å². The number of likely N-dealkylation sites (tertiary alicyclic amines) is 1. The van der Waals surface area contributed by atoms with E-state index < -0.39 is 24.4 Å². The zero-order valence-corrected chi connectivity index (χ0v) is 33.8. The van der Waals surface area contributed by atoms with Crippen LogP contribution in [0.2, 0.25) is 0 Å². The molecule has 1 saturated heterocycles. The minimum Gasteiger partial charge on any atom is -0.453 e. The maximum absolute atomic E-state index is 12.8. The Hall–Kier alpha value is -3.84. The Morgan fingerprint density at radius 1 is 1.06 bits per heavy atom. The van der Waals surface area contributed by atoms with Gasteiger partial charge in [0.05, 0.1) is 6.04 Å². The topological polar surface area (TPSA) is 153 Å². The maximum Gasteiger partial charge on any atom is 0.407 e. The van der Waals surface area contributed by atoms with Gasteiger partial charge in [-0.1, -0.05) is 52.4 Å². The number of alkyl halides is 1. The minimum atomic E-state index is -0.628. The maximum atomic E-state index is 12.8. The van der Waals surface area contributed by atoms with Crippen molar-refractivity contribution in [3.05, 3.63) is 30.0 Å². The molecule has 2 aromatic rings. The van der Waals surface area contributed by atoms with Crippen LogP contribution in [-0.2, 0) is 28.6 Å². The van der Waals surface area contributed by atoms with E-state index in [9.17, 15) is 28.4 Å². The standard InChI is InChI=1S/C14H26FNO3.C12H23N.C10H7NO3.C5H10O3/c1-5-11(10-17)7-6-8-12(9-15)16-13(18)19-14(2,3)4;1-10-12(8-9-13(10)2)11-6-4-3-5-7-11;12-5-9-4-7-3-8(11-6-13)1-2-10(7)14-9;1-3-5(6)8-4-7-2/h10-12H,5-9H2,1-4H3,(H,16,18);10-12H,3-9H2,1-2H3;1-6H,(H,11,13);3-4H2,1-2H3. The fourth-order valence-corrected chi connectivity index (χ4v) is 6.48. The predicted molar refractivity (Wildman–Crippen MR) is 209 cm³/mol. The Kier molecular flexibility index (Phi) is 24.0. The molecule has 4 rings (SSSR count). The third-order valence-corrected chi connectivity index (χ3v) is 9.64. The number of methoxy groups -OCH3 is 1. The van der Waals surface area contributed by atoms with Crippen LogP contribution in [0, 0.1) is 17.8 Å². The van der Waals surface area contributed by atoms with Gasteiger partial charge in [0.1, 0.15) is 24.1 Å². The minimum absolute atomic E-state index is 0.0294. The van der Waals surface area contributed by atoms with Gasteiger partial charge in [0.25, 0.3) is 0 Å². The molecule has 2 N–H and O–H groups in total. The molecule has 12 nitrogen and oxygen atoms in total. The first-order valence-electron chi connectivity index (χ1n) is 19.3. The number of ether oxygens (including phenoxy) is 3. The van der Waals surface area contributed by atoms with Crippen LogP contribution in [0.25, 0.3) is 11.0 Å². The number of furan rings is 1. The highest BCUT2D eigenvalue weighted by atomic mass is 19.1. The van der Waals surface area contributed by atoms with E-state index in [0.717, 1.165) is 42.4 Å². The summed E-state index contributed by atoms with van der Waals surface area (Å²) in [5.41, 5.74) is 0.713. The van der Waals surface area contributed by atoms with Gasteiger partial charge in [0, 0.05) is 36.6 Å². The quantitative estimate of drug-likeness (QED) is 0.103. The number of carbonyl (C=O) groups is 5. The van der Waals surface area contributed by atoms with Crippen molar-refractivity contribution in [1.82, 2.24) is 10.2 Å². The van der Waals surface area contributed by atoms with Crippen LogP contribution < -0.4 is 10.6 Å². The van der Waals surface area contributed by atoms with E-state index in [1.165, 1.54) is 52.2 Å². The molecule has 4 unspecified atom stereocenters. The monoisotopic (exact) mass is 763 g/mol. The zero-order chi connectivity index (χ0) is 40.5. The lowest BCUT2D eigenvalue weighted by molar-refractivity contribution is -0.153. The normalized spacial score (nSPS) is 18.2. The number of hydrogen-bond acceptors (Lipinski definition) is 10. The van der Waals surface area contributed by atoms with Crippen molar-refractivity contribution in [3.8, 4) is 0 Å². The molecule has 1 aliphatic heterocycles. The predicted octanol–water partition coefficient (Wildman–Crippen LogP) is 8.51. The van der Waals surface area contributed by atoms with Crippen molar-refractivity contribution in [2.45, 2.75) is 130 Å². The first-order chi connectivity index (χ1) is 25.7. The second-order valence-electron chi connectivity index (χ2n) is 14.9. The largest absolute Gasteiger partial charge is 0.453 e. The van der Waals surface area contributed by atoms with E-state index in [1.807, 2.05) is 6.92 Å². The average Bonchev–Trinajstić information content (AvgIpc) is 3.73. The van der Waals surface area contributed by atoms with Gasteiger partial charge in [-0.2, -0.15) is 0 Å². The molecule has 0 radical (unpaired) electrons. The molecule has 1 aromatic heterocycles. The lowest BCUT2D eigenvalue weighted by Gasteiger charge is -2.31. The Balaban J connectivity index is 0.000000373. The Labute approximate surface area is 321 Å². The number of anilines is 1. The molecule has 54 heavy (non-hydrogen) atoms. The Morgan fingerprint density at radius 3 is 2.28 bits per heavy atom. The fourth-order valence-electron chi connectivity index (χ4n) is 6.48. The summed E-state index contributed by atoms with van der Waals surface area (Å²) in [4.78, 5) is 55.5. The van der Waals surface area contributed by atoms with E-state index in [4.69, 9.17) is 9.15 Å². The Morgan fingerprint density at radius 2 is 1.76 bits per heavy atom. The number of hydrogen-bond donors (Lipinski definition) is 2. The first-order valence-corrected chi connectivity index (χ1v) is 19.3. The van der Waals surface area contributed by atoms with E-state index >= 15 is 0 Å². The summed E-state index contributed by atoms with van der Waals surface area (Å²) >= 11 is 0. The highest BCUT2D eigenvalue weighted by Crippen LogP contribution is 2.38. The van der Waals surface area contributed by atoms with Gasteiger partial charge in [-0.05, 0) is 103 Å². The van der Waals surface area contributed by atoms with Crippen molar-refractivity contribution in [2.24, 2.45) is 17.8 Å². The number of nitrogens with one attached hydrogen (secondary N) is 2. The lowest BCUT2D eigenvalue weighted by atomic mass is 9.77. The lowest BCUT2D eigenvalue weighted by Crippen LogP contribution is -2.40. The number of alkyl carbamates (subject to hydrolysis) is 1. The van der Waals surface area contributed by atoms with Crippen molar-refractivity contribution < 1.29 is 47.0 Å². The highest BCUT2D eigenvalue weighted by molar-refractivity contribution is 5.88. The third kappa shape index (κ3) is 19.5. The number of rotatable bonds is 15. The average molecular weight is 764 g/mol. The molecule has 1 aliphatic carbocycles. The molecule has 0 bridgehead atoms. The van der Waals surface area contributed by atoms with Crippen LogP contribution in [0.4, 0.5) is 14.9 Å². The second-order valence-corrected chi connectivity index (χ2v) is 14.9. The van der Waals surface area contributed by atoms with Crippen molar-refractivity contribution >= 4 is 47.7 Å².